The molecular formula is C7H10O5. The average molecular weight is 174 g/mol. The van der Waals surface area contributed by atoms with Gasteiger partial charge in [-0.25, -0.2) is 9.59 Å². The molecule has 2 N–H and O–H groups in total. The van der Waals surface area contributed by atoms with Crippen molar-refractivity contribution >= 4 is 12.1 Å². The first-order valence-corrected chi connectivity index (χ1v) is 2.81. The number of carboxylic acid groups (broad SMARTS) is 2. The zero-order valence-corrected chi connectivity index (χ0v) is 6.61. The van der Waals surface area contributed by atoms with Crippen molar-refractivity contribution in [2.75, 3.05) is 0 Å². The number of hydrogen-bond acceptors (Lipinski definition) is 3. The molecule has 0 fully saturated rings. The molecule has 0 amide bonds. The highest BCUT2D eigenvalue weighted by atomic mass is 16.7. The Bertz CT molecular complexity index is 182. The maximum atomic E-state index is 9.60. The molecule has 0 radical (unpaired) electrons. The highest BCUT2D eigenvalue weighted by Gasteiger charge is 1.90. The summed E-state index contributed by atoms with van der Waals surface area (Å²) in [5, 5.41) is 15.5. The molecule has 0 bridgehead atoms. The molecule has 12 heavy (non-hydrogen) atoms. The van der Waals surface area contributed by atoms with Crippen molar-refractivity contribution in [2.24, 2.45) is 0 Å². The van der Waals surface area contributed by atoms with Crippen molar-refractivity contribution in [1.29, 1.82) is 0 Å². The number of ether oxygens (including phenoxy) is 1. The summed E-state index contributed by atoms with van der Waals surface area (Å²) in [5.41, 5.74) is 0.176. The van der Waals surface area contributed by atoms with Crippen LogP contribution in [0, 0.1) is 0 Å². The zero-order chi connectivity index (χ0) is 10.1. The maximum absolute atomic E-state index is 9.60. The average Bonchev–Trinajstić information content (AvgIpc) is 1.87. The van der Waals surface area contributed by atoms with Gasteiger partial charge >= 0.3 is 12.1 Å². The Hall–Kier alpha value is -1.78. The van der Waals surface area contributed by atoms with Crippen LogP contribution in [0.5, 0.6) is 0 Å². The fraction of sp³-hybridized carbons (Fsp3) is 0.143. The molecule has 0 spiro atoms. The van der Waals surface area contributed by atoms with Crippen LogP contribution in [0.1, 0.15) is 6.92 Å². The van der Waals surface area contributed by atoms with Crippen LogP contribution in [0.15, 0.2) is 25.0 Å². The van der Waals surface area contributed by atoms with Gasteiger partial charge in [-0.2, -0.15) is 0 Å². The molecule has 0 heterocycles. The Morgan fingerprint density at radius 2 is 1.75 bits per heavy atom. The van der Waals surface area contributed by atoms with Crippen LogP contribution in [0.25, 0.3) is 0 Å². The Labute approximate surface area is 69.6 Å². The molecule has 0 aromatic carbocycles. The van der Waals surface area contributed by atoms with Gasteiger partial charge in [-0.05, 0) is 6.92 Å². The van der Waals surface area contributed by atoms with Gasteiger partial charge in [0.05, 0.1) is 6.26 Å². The predicted molar refractivity (Wildman–Crippen MR) is 41.8 cm³/mol. The molecular weight excluding hydrogens is 164 g/mol. The van der Waals surface area contributed by atoms with Gasteiger partial charge in [0.25, 0.3) is 0 Å². The van der Waals surface area contributed by atoms with Gasteiger partial charge < -0.3 is 14.9 Å². The minimum atomic E-state index is -1.33. The van der Waals surface area contributed by atoms with Crippen molar-refractivity contribution in [1.82, 2.24) is 0 Å². The van der Waals surface area contributed by atoms with Crippen LogP contribution in [0.4, 0.5) is 4.79 Å². The van der Waals surface area contributed by atoms with Gasteiger partial charge in [0.2, 0.25) is 0 Å². The van der Waals surface area contributed by atoms with E-state index in [9.17, 15) is 9.59 Å². The first-order chi connectivity index (χ1) is 5.41. The highest BCUT2D eigenvalue weighted by molar-refractivity contribution is 5.84. The topological polar surface area (TPSA) is 83.8 Å². The third-order valence-electron chi connectivity index (χ3n) is 0.549. The number of rotatable bonds is 2. The van der Waals surface area contributed by atoms with E-state index in [2.05, 4.69) is 17.9 Å². The van der Waals surface area contributed by atoms with E-state index >= 15 is 0 Å². The molecule has 5 nitrogen and oxygen atoms in total. The van der Waals surface area contributed by atoms with Crippen LogP contribution in [-0.2, 0) is 9.53 Å². The first-order valence-electron chi connectivity index (χ1n) is 2.81. The SMILES string of the molecule is C=C(C)C(=O)O.C=COC(=O)O. The minimum Gasteiger partial charge on any atom is -0.478 e. The summed E-state index contributed by atoms with van der Waals surface area (Å²) in [4.78, 5) is 18.9. The number of carbonyl (C=O) groups is 2. The number of carboxylic acids is 1. The monoisotopic (exact) mass is 174 g/mol. The van der Waals surface area contributed by atoms with Crippen molar-refractivity contribution < 1.29 is 24.5 Å². The number of aliphatic carboxylic acids is 1. The molecule has 0 aromatic heterocycles. The lowest BCUT2D eigenvalue weighted by molar-refractivity contribution is -0.132. The maximum Gasteiger partial charge on any atom is 0.510 e. The smallest absolute Gasteiger partial charge is 0.478 e. The molecule has 0 saturated carbocycles. The second-order valence-electron chi connectivity index (χ2n) is 1.64. The second-order valence-corrected chi connectivity index (χ2v) is 1.64. The molecule has 0 unspecified atom stereocenters. The normalized spacial score (nSPS) is 7.08. The van der Waals surface area contributed by atoms with E-state index in [1.54, 1.807) is 0 Å². The predicted octanol–water partition coefficient (Wildman–Crippen LogP) is 1.47. The Morgan fingerprint density at radius 3 is 1.75 bits per heavy atom. The lowest BCUT2D eigenvalue weighted by Gasteiger charge is -1.81. The fourth-order valence-electron chi connectivity index (χ4n) is 0.0713. The highest BCUT2D eigenvalue weighted by Crippen LogP contribution is 1.81. The van der Waals surface area contributed by atoms with Gasteiger partial charge in [-0.3, -0.25) is 0 Å². The van der Waals surface area contributed by atoms with Crippen molar-refractivity contribution in [3.05, 3.63) is 25.0 Å². The molecule has 5 heteroatoms. The summed E-state index contributed by atoms with van der Waals surface area (Å²) in [6.45, 7) is 7.60. The van der Waals surface area contributed by atoms with Gasteiger partial charge in [0.15, 0.2) is 0 Å². The lowest BCUT2D eigenvalue weighted by Crippen LogP contribution is -1.92. The lowest BCUT2D eigenvalue weighted by atomic mass is 10.4. The molecule has 0 rings (SSSR count). The standard InChI is InChI=1S/C4H6O2.C3H4O3/c1-3(2)4(5)6;1-2-6-3(4)5/h1H2,2H3,(H,5,6);2H,1H2,(H,4,5). The summed E-state index contributed by atoms with van der Waals surface area (Å²) in [5.74, 6) is -0.935. The molecule has 68 valence electrons. The van der Waals surface area contributed by atoms with E-state index in [0.29, 0.717) is 0 Å². The summed E-state index contributed by atoms with van der Waals surface area (Å²) < 4.78 is 3.72. The van der Waals surface area contributed by atoms with E-state index in [1.165, 1.54) is 6.92 Å². The van der Waals surface area contributed by atoms with Gasteiger partial charge in [0.1, 0.15) is 0 Å². The molecule has 0 aromatic rings. The Balaban J connectivity index is 0. The van der Waals surface area contributed by atoms with Crippen molar-refractivity contribution in [3.8, 4) is 0 Å². The zero-order valence-electron chi connectivity index (χ0n) is 6.61. The Kier molecular flexibility index (Phi) is 7.85. The van der Waals surface area contributed by atoms with Crippen LogP contribution < -0.4 is 0 Å². The molecule has 0 atom stereocenters. The van der Waals surface area contributed by atoms with Gasteiger partial charge in [0, 0.05) is 5.57 Å². The quantitative estimate of drug-likeness (QED) is 0.376. The summed E-state index contributed by atoms with van der Waals surface area (Å²) >= 11 is 0. The minimum absolute atomic E-state index is 0.176. The first kappa shape index (κ1) is 12.9. The van der Waals surface area contributed by atoms with Crippen LogP contribution in [0.2, 0.25) is 0 Å². The van der Waals surface area contributed by atoms with E-state index < -0.39 is 12.1 Å². The largest absolute Gasteiger partial charge is 0.510 e. The van der Waals surface area contributed by atoms with E-state index in [4.69, 9.17) is 10.2 Å². The molecule has 0 aliphatic heterocycles. The van der Waals surface area contributed by atoms with E-state index in [0.717, 1.165) is 6.26 Å². The number of hydrogen-bond donors (Lipinski definition) is 2. The van der Waals surface area contributed by atoms with Crippen LogP contribution >= 0.6 is 0 Å². The van der Waals surface area contributed by atoms with E-state index in [-0.39, 0.29) is 5.57 Å². The molecule has 0 aliphatic rings. The van der Waals surface area contributed by atoms with E-state index in [1.807, 2.05) is 0 Å². The second kappa shape index (κ2) is 7.33. The summed E-state index contributed by atoms with van der Waals surface area (Å²) in [6.07, 6.45) is -0.479. The molecule has 0 aliphatic carbocycles. The third-order valence-corrected chi connectivity index (χ3v) is 0.549. The Morgan fingerprint density at radius 1 is 1.42 bits per heavy atom. The third kappa shape index (κ3) is 15.7. The van der Waals surface area contributed by atoms with Crippen LogP contribution in [0.3, 0.4) is 0 Å². The van der Waals surface area contributed by atoms with Crippen LogP contribution in [-0.4, -0.2) is 22.3 Å². The van der Waals surface area contributed by atoms with Gasteiger partial charge in [-0.15, -0.1) is 0 Å². The van der Waals surface area contributed by atoms with Gasteiger partial charge in [-0.1, -0.05) is 13.2 Å². The summed E-state index contributed by atoms with van der Waals surface area (Å²) in [6, 6.07) is 0. The fourth-order valence-corrected chi connectivity index (χ4v) is 0.0713. The molecule has 0 saturated heterocycles. The summed E-state index contributed by atoms with van der Waals surface area (Å²) in [7, 11) is 0. The van der Waals surface area contributed by atoms with Crippen molar-refractivity contribution in [3.63, 3.8) is 0 Å². The van der Waals surface area contributed by atoms with Crippen molar-refractivity contribution in [2.45, 2.75) is 6.92 Å².